The molecule has 0 unspecified atom stereocenters. The molecule has 0 amide bonds. The smallest absolute Gasteiger partial charge is 0.338 e. The van der Waals surface area contributed by atoms with Gasteiger partial charge in [0.25, 0.3) is 0 Å². The Balaban J connectivity index is 0.000000129. The molecule has 22 heteroatoms. The van der Waals surface area contributed by atoms with Crippen molar-refractivity contribution in [3.63, 3.8) is 0 Å². The third kappa shape index (κ3) is 28.1. The van der Waals surface area contributed by atoms with Crippen LogP contribution >= 0.6 is 0 Å². The first-order valence-electron chi connectivity index (χ1n) is 54.1. The number of hydrogen-bond acceptors (Lipinski definition) is 22. The number of nitrogen functional groups attached to an aromatic ring is 1. The van der Waals surface area contributed by atoms with Crippen LogP contribution in [0.4, 0.5) is 39.8 Å². The number of nitrogens with one attached hydrogen (secondary N) is 6. The number of methoxy groups -OCH3 is 1. The lowest BCUT2D eigenvalue weighted by Gasteiger charge is -2.57. The molecule has 1 heterocycles. The average Bonchev–Trinajstić information content (AvgIpc) is 0.751. The molecule has 8 N–H and O–H groups in total. The molecule has 12 bridgehead atoms. The van der Waals surface area contributed by atoms with Crippen LogP contribution in [0.2, 0.25) is 0 Å². The summed E-state index contributed by atoms with van der Waals surface area (Å²) in [5.41, 5.74) is 26.7. The van der Waals surface area contributed by atoms with E-state index in [2.05, 4.69) is 79.3 Å². The summed E-state index contributed by atoms with van der Waals surface area (Å²) in [7, 11) is 1.37. The van der Waals surface area contributed by atoms with Gasteiger partial charge < -0.3 is 70.8 Å². The standard InChI is InChI=1S/C27H33NO2.C26H32N2O2.C25H32N2O4.C24H30N2O4.C20H27NO2/c1-2-30-26(29)23-8-9-24(25(13-23)28-18-19-6-4-3-5-7-19)17-27-14-20-10-21(15-27)12-22(11-20)16-27;1-2-30-25(29)22-3-4-23(24(12-22)28-17-18-5-7-27-8-6-18)16-26-13-19-9-20(14-26)11-21(10-19)15-26;1-3-30-24(28)19-12-10-18(11-13-19)17-26-23-16-20(25(29)31-4-2)14-15-22(23)27-21-8-6-5-7-9-21;1-3-30-24(28)19-13-14-21(26-20-7-5-4-6-8-20)22(15-19)25-16-17-9-11-18(12-10-17)23(27)29-2;1-2-23-19(22)16-3-4-17(18(21)8-16)12-20-9-13-5-14(10-20)7-15(6-13)11-20/h3-9,13,20-22,28H,2,10-12,14-18H2,1H3;3-8,12,19-21,28H,2,9-11,13-17H2,1H3;10-16,21,26-27H,3-9,17H2,1-2H3;9-15,20,25-26H,3-8,16H2,1-2H3;3-4,8,13-15H,2,5-7,9-12,21H2,1H3. The maximum atomic E-state index is 12.3. The maximum absolute atomic E-state index is 12.3. The third-order valence-electron chi connectivity index (χ3n) is 32.4. The van der Waals surface area contributed by atoms with Gasteiger partial charge in [0, 0.05) is 67.7 Å². The Morgan fingerprint density at radius 3 is 0.875 bits per heavy atom. The lowest BCUT2D eigenvalue weighted by atomic mass is 9.48. The Hall–Kier alpha value is -12.2. The molecule has 14 fully saturated rings. The molecule has 0 spiro atoms. The van der Waals surface area contributed by atoms with E-state index in [1.165, 1.54) is 189 Å². The highest BCUT2D eigenvalue weighted by molar-refractivity contribution is 5.95. The zero-order chi connectivity index (χ0) is 101. The van der Waals surface area contributed by atoms with Crippen LogP contribution in [0.15, 0.2) is 194 Å². The molecular weight excluding hydrogens is 1800 g/mol. The number of nitrogens with zero attached hydrogens (tertiary/aromatic N) is 1. The predicted molar refractivity (Wildman–Crippen MR) is 570 cm³/mol. The highest BCUT2D eigenvalue weighted by Crippen LogP contribution is 2.64. The summed E-state index contributed by atoms with van der Waals surface area (Å²) in [5.74, 6) is 6.51. The van der Waals surface area contributed by atoms with Crippen LogP contribution < -0.4 is 37.6 Å². The van der Waals surface area contributed by atoms with Crippen LogP contribution in [0, 0.1) is 69.5 Å². The van der Waals surface area contributed by atoms with Gasteiger partial charge in [0.05, 0.1) is 108 Å². The molecule has 0 atom stereocenters. The second kappa shape index (κ2) is 50.1. The van der Waals surface area contributed by atoms with E-state index in [-0.39, 0.29) is 41.8 Å². The number of carbonyl (C=O) groups excluding carboxylic acids is 7. The molecule has 0 radical (unpaired) electrons. The zero-order valence-electron chi connectivity index (χ0n) is 86.1. The van der Waals surface area contributed by atoms with E-state index in [0.29, 0.717) is 120 Å². The first kappa shape index (κ1) is 105. The quantitative estimate of drug-likeness (QED) is 0.0110. The Morgan fingerprint density at radius 2 is 0.556 bits per heavy atom. The lowest BCUT2D eigenvalue weighted by molar-refractivity contribution is -0.0522. The van der Waals surface area contributed by atoms with Crippen molar-refractivity contribution < 1.29 is 66.7 Å². The van der Waals surface area contributed by atoms with Gasteiger partial charge >= 0.3 is 41.8 Å². The fourth-order valence-electron chi connectivity index (χ4n) is 27.3. The molecule has 766 valence electrons. The molecule has 22 nitrogen and oxygen atoms in total. The number of pyridine rings is 1. The van der Waals surface area contributed by atoms with Crippen LogP contribution in [0.5, 0.6) is 0 Å². The fourth-order valence-corrected chi connectivity index (χ4v) is 27.3. The average molecular weight is 1960 g/mol. The van der Waals surface area contributed by atoms with Gasteiger partial charge in [0.15, 0.2) is 0 Å². The topological polar surface area (TPSA) is 295 Å². The van der Waals surface area contributed by atoms with Crippen LogP contribution in [-0.4, -0.2) is 106 Å². The number of ether oxygens (including phenoxy) is 7. The van der Waals surface area contributed by atoms with E-state index in [1.54, 1.807) is 57.2 Å². The van der Waals surface area contributed by atoms with Gasteiger partial charge in [-0.05, 0) is 420 Å². The monoisotopic (exact) mass is 1960 g/mol. The van der Waals surface area contributed by atoms with Crippen molar-refractivity contribution in [1.29, 1.82) is 0 Å². The Labute approximate surface area is 853 Å². The van der Waals surface area contributed by atoms with Gasteiger partial charge in [-0.1, -0.05) is 111 Å². The largest absolute Gasteiger partial charge is 0.465 e. The maximum Gasteiger partial charge on any atom is 0.338 e. The van der Waals surface area contributed by atoms with E-state index in [0.717, 1.165) is 162 Å². The van der Waals surface area contributed by atoms with Crippen molar-refractivity contribution in [1.82, 2.24) is 4.98 Å². The van der Waals surface area contributed by atoms with Gasteiger partial charge in [-0.15, -0.1) is 0 Å². The van der Waals surface area contributed by atoms with Crippen molar-refractivity contribution in [3.05, 3.63) is 272 Å². The van der Waals surface area contributed by atoms with E-state index in [9.17, 15) is 33.6 Å². The number of hydrogen-bond donors (Lipinski definition) is 7. The van der Waals surface area contributed by atoms with E-state index in [1.807, 2.05) is 136 Å². The van der Waals surface area contributed by atoms with E-state index < -0.39 is 0 Å². The highest BCUT2D eigenvalue weighted by atomic mass is 16.6. The first-order valence-corrected chi connectivity index (χ1v) is 54.1. The number of aromatic nitrogens is 1. The summed E-state index contributed by atoms with van der Waals surface area (Å²) in [5, 5.41) is 21.4. The van der Waals surface area contributed by atoms with Crippen LogP contribution in [0.1, 0.15) is 333 Å². The van der Waals surface area contributed by atoms with Crippen molar-refractivity contribution in [3.8, 4) is 0 Å². The number of esters is 7. The minimum atomic E-state index is -0.351. The van der Waals surface area contributed by atoms with Gasteiger partial charge in [-0.25, -0.2) is 33.6 Å². The number of carbonyl (C=O) groups is 7. The Bertz CT molecular complexity index is 5540. The summed E-state index contributed by atoms with van der Waals surface area (Å²) >= 11 is 0. The molecule has 14 aliphatic rings. The molecule has 0 saturated heterocycles. The minimum absolute atomic E-state index is 0.235. The van der Waals surface area contributed by atoms with Crippen molar-refractivity contribution >= 4 is 81.6 Å². The molecular formula is C122H154N8O14. The van der Waals surface area contributed by atoms with Crippen molar-refractivity contribution in [2.24, 2.45) is 69.5 Å². The SMILES string of the molecule is CCOC(=O)c1ccc(CC23CC4CC(CC(C4)C2)C3)c(N)c1.CCOC(=O)c1ccc(CC23CC4CC(CC(C4)C2)C3)c(NCc2ccccc2)c1.CCOC(=O)c1ccc(CC23CC4CC(CC(C4)C2)C3)c(NCc2ccncc2)c1.CCOC(=O)c1ccc(CNc2cc(C(=O)OCC)ccc2NC2CCCCC2)cc1.CCOC(=O)c1ccc(NC2CCCCC2)c(NCc2ccc(C(=O)OC)cc2)c1. The molecule has 144 heavy (non-hydrogen) atoms. The van der Waals surface area contributed by atoms with Crippen molar-refractivity contribution in [2.45, 2.75) is 279 Å². The molecule has 0 aliphatic heterocycles. The number of rotatable bonds is 35. The van der Waals surface area contributed by atoms with Crippen LogP contribution in [0.25, 0.3) is 0 Å². The van der Waals surface area contributed by atoms with E-state index >= 15 is 0 Å². The Morgan fingerprint density at radius 1 is 0.292 bits per heavy atom. The first-order chi connectivity index (χ1) is 70.0. The number of anilines is 7. The van der Waals surface area contributed by atoms with Gasteiger partial charge in [-0.3, -0.25) is 4.98 Å². The highest BCUT2D eigenvalue weighted by Gasteiger charge is 2.54. The predicted octanol–water partition coefficient (Wildman–Crippen LogP) is 26.5. The van der Waals surface area contributed by atoms with Gasteiger partial charge in [0.1, 0.15) is 0 Å². The lowest BCUT2D eigenvalue weighted by Crippen LogP contribution is -2.47. The molecule has 8 aromatic carbocycles. The zero-order valence-corrected chi connectivity index (χ0v) is 86.1. The minimum Gasteiger partial charge on any atom is -0.465 e. The van der Waals surface area contributed by atoms with E-state index in [4.69, 9.17) is 38.9 Å². The molecule has 1 aromatic heterocycles. The van der Waals surface area contributed by atoms with Crippen LogP contribution in [-0.2, 0) is 78.6 Å². The van der Waals surface area contributed by atoms with Crippen molar-refractivity contribution in [2.75, 3.05) is 84.4 Å². The molecule has 14 aliphatic carbocycles. The van der Waals surface area contributed by atoms with Gasteiger partial charge in [0.2, 0.25) is 0 Å². The summed E-state index contributed by atoms with van der Waals surface area (Å²) in [6.45, 7) is 15.8. The third-order valence-corrected chi connectivity index (χ3v) is 32.4. The molecule has 23 rings (SSSR count). The normalized spacial score (nSPS) is 23.6. The second-order valence-corrected chi connectivity index (χ2v) is 43.4. The Kier molecular flexibility index (Phi) is 36.4. The fraction of sp³-hybridized carbons (Fsp3) is 0.508. The number of benzene rings is 8. The van der Waals surface area contributed by atoms with Gasteiger partial charge in [-0.2, -0.15) is 0 Å². The number of nitrogens with two attached hydrogens (primary N) is 1. The molecule has 14 saturated carbocycles. The van der Waals surface area contributed by atoms with Crippen LogP contribution in [0.3, 0.4) is 0 Å². The summed E-state index contributed by atoms with van der Waals surface area (Å²) in [4.78, 5) is 88.5. The molecule has 9 aromatic rings. The summed E-state index contributed by atoms with van der Waals surface area (Å²) in [6.07, 6.45) is 45.0. The summed E-state index contributed by atoms with van der Waals surface area (Å²) < 4.78 is 35.6. The summed E-state index contributed by atoms with van der Waals surface area (Å²) in [6, 6.07) is 59.2. The second-order valence-electron chi connectivity index (χ2n) is 43.4.